The van der Waals surface area contributed by atoms with E-state index in [2.05, 4.69) is 24.1 Å². The molecule has 0 amide bonds. The van der Waals surface area contributed by atoms with Crippen LogP contribution in [0, 0.1) is 6.92 Å². The molecule has 1 aliphatic heterocycles. The van der Waals surface area contributed by atoms with E-state index in [-0.39, 0.29) is 0 Å². The molecule has 1 atom stereocenters. The molecule has 0 aliphatic carbocycles. The Bertz CT molecular complexity index is 311. The molecule has 1 N–H and O–H groups in total. The van der Waals surface area contributed by atoms with Gasteiger partial charge in [-0.25, -0.2) is 4.98 Å². The first kappa shape index (κ1) is 9.71. The highest BCUT2D eigenvalue weighted by molar-refractivity contribution is 5.15. The fourth-order valence-electron chi connectivity index (χ4n) is 1.92. The predicted octanol–water partition coefficient (Wildman–Crippen LogP) is 2.53. The van der Waals surface area contributed by atoms with Gasteiger partial charge < -0.3 is 9.73 Å². The Hall–Kier alpha value is -0.830. The second-order valence-electron chi connectivity index (χ2n) is 4.30. The Labute approximate surface area is 84.9 Å². The second kappa shape index (κ2) is 3.73. The first-order valence-electron chi connectivity index (χ1n) is 5.39. The zero-order chi connectivity index (χ0) is 10.1. The van der Waals surface area contributed by atoms with Crippen molar-refractivity contribution in [2.24, 2.45) is 0 Å². The third-order valence-electron chi connectivity index (χ3n) is 2.73. The Kier molecular flexibility index (Phi) is 2.59. The van der Waals surface area contributed by atoms with Crippen LogP contribution >= 0.6 is 0 Å². The summed E-state index contributed by atoms with van der Waals surface area (Å²) in [6, 6.07) is 0.422. The van der Waals surface area contributed by atoms with E-state index in [1.807, 2.05) is 6.92 Å². The molecule has 1 aliphatic rings. The van der Waals surface area contributed by atoms with Gasteiger partial charge in [0.25, 0.3) is 0 Å². The van der Waals surface area contributed by atoms with E-state index in [0.29, 0.717) is 12.0 Å². The third-order valence-corrected chi connectivity index (χ3v) is 2.73. The molecule has 0 bridgehead atoms. The van der Waals surface area contributed by atoms with Crippen molar-refractivity contribution < 1.29 is 4.42 Å². The fraction of sp³-hybridized carbons (Fsp3) is 0.727. The first-order valence-corrected chi connectivity index (χ1v) is 5.39. The maximum Gasteiger partial charge on any atom is 0.197 e. The summed E-state index contributed by atoms with van der Waals surface area (Å²) in [6.07, 6.45) is 2.43. The maximum atomic E-state index is 5.64. The fourth-order valence-corrected chi connectivity index (χ4v) is 1.92. The Morgan fingerprint density at radius 2 is 2.29 bits per heavy atom. The summed E-state index contributed by atoms with van der Waals surface area (Å²) >= 11 is 0. The maximum absolute atomic E-state index is 5.64. The molecule has 3 heteroatoms. The average Bonchev–Trinajstić information content (AvgIpc) is 2.71. The van der Waals surface area contributed by atoms with Gasteiger partial charge in [-0.3, -0.25) is 0 Å². The van der Waals surface area contributed by atoms with E-state index < -0.39 is 0 Å². The number of hydrogen-bond donors (Lipinski definition) is 1. The summed E-state index contributed by atoms with van der Waals surface area (Å²) in [6.45, 7) is 7.33. The van der Waals surface area contributed by atoms with Crippen LogP contribution in [0.2, 0.25) is 0 Å². The molecule has 14 heavy (non-hydrogen) atoms. The number of hydrogen-bond acceptors (Lipinski definition) is 3. The highest BCUT2D eigenvalue weighted by Gasteiger charge is 2.23. The minimum Gasteiger partial charge on any atom is -0.445 e. The monoisotopic (exact) mass is 194 g/mol. The lowest BCUT2D eigenvalue weighted by molar-refractivity contribution is 0.448. The lowest BCUT2D eigenvalue weighted by Gasteiger charge is -2.05. The van der Waals surface area contributed by atoms with Gasteiger partial charge >= 0.3 is 0 Å². The molecule has 0 spiro atoms. The molecule has 0 radical (unpaired) electrons. The zero-order valence-corrected chi connectivity index (χ0v) is 9.13. The lowest BCUT2D eigenvalue weighted by Crippen LogP contribution is -2.14. The summed E-state index contributed by atoms with van der Waals surface area (Å²) in [4.78, 5) is 4.56. The van der Waals surface area contributed by atoms with Crippen LogP contribution in [0.25, 0.3) is 0 Å². The van der Waals surface area contributed by atoms with Crippen molar-refractivity contribution in [3.05, 3.63) is 17.3 Å². The molecule has 1 unspecified atom stereocenters. The van der Waals surface area contributed by atoms with Crippen LogP contribution in [-0.4, -0.2) is 11.5 Å². The van der Waals surface area contributed by atoms with Crippen LogP contribution in [0.1, 0.15) is 56.0 Å². The van der Waals surface area contributed by atoms with Crippen molar-refractivity contribution in [3.8, 4) is 0 Å². The Morgan fingerprint density at radius 3 is 2.79 bits per heavy atom. The highest BCUT2D eigenvalue weighted by Crippen LogP contribution is 2.27. The lowest BCUT2D eigenvalue weighted by atomic mass is 10.1. The minimum atomic E-state index is 0.379. The zero-order valence-electron chi connectivity index (χ0n) is 9.13. The normalized spacial score (nSPS) is 22.1. The van der Waals surface area contributed by atoms with Gasteiger partial charge in [-0.15, -0.1) is 0 Å². The van der Waals surface area contributed by atoms with E-state index in [1.54, 1.807) is 0 Å². The molecule has 1 aromatic rings. The van der Waals surface area contributed by atoms with Crippen molar-refractivity contribution in [1.82, 2.24) is 10.3 Å². The molecule has 1 saturated heterocycles. The van der Waals surface area contributed by atoms with Crippen molar-refractivity contribution in [2.75, 3.05) is 6.54 Å². The summed E-state index contributed by atoms with van der Waals surface area (Å²) in [7, 11) is 0. The SMILES string of the molecule is Cc1oc(C(C)C)nc1C1CCCN1. The van der Waals surface area contributed by atoms with E-state index in [0.717, 1.165) is 23.9 Å². The van der Waals surface area contributed by atoms with Gasteiger partial charge in [0.2, 0.25) is 0 Å². The summed E-state index contributed by atoms with van der Waals surface area (Å²) in [5.74, 6) is 2.23. The van der Waals surface area contributed by atoms with Gasteiger partial charge in [0, 0.05) is 5.92 Å². The van der Waals surface area contributed by atoms with Crippen molar-refractivity contribution >= 4 is 0 Å². The van der Waals surface area contributed by atoms with Gasteiger partial charge in [-0.1, -0.05) is 13.8 Å². The van der Waals surface area contributed by atoms with Crippen LogP contribution in [0.15, 0.2) is 4.42 Å². The number of rotatable bonds is 2. The Morgan fingerprint density at radius 1 is 1.50 bits per heavy atom. The molecule has 78 valence electrons. The van der Waals surface area contributed by atoms with Crippen molar-refractivity contribution in [3.63, 3.8) is 0 Å². The molecule has 2 rings (SSSR count). The molecule has 0 aromatic carbocycles. The van der Waals surface area contributed by atoms with E-state index in [1.165, 1.54) is 12.8 Å². The van der Waals surface area contributed by atoms with Crippen LogP contribution in [0.4, 0.5) is 0 Å². The molecule has 3 nitrogen and oxygen atoms in total. The number of nitrogens with one attached hydrogen (secondary N) is 1. The van der Waals surface area contributed by atoms with E-state index in [4.69, 9.17) is 4.42 Å². The van der Waals surface area contributed by atoms with Crippen LogP contribution in [0.3, 0.4) is 0 Å². The van der Waals surface area contributed by atoms with Gasteiger partial charge in [-0.05, 0) is 26.3 Å². The van der Waals surface area contributed by atoms with Crippen molar-refractivity contribution in [2.45, 2.75) is 45.6 Å². The summed E-state index contributed by atoms with van der Waals surface area (Å²) in [5.41, 5.74) is 1.12. The number of aromatic nitrogens is 1. The van der Waals surface area contributed by atoms with Gasteiger partial charge in [-0.2, -0.15) is 0 Å². The van der Waals surface area contributed by atoms with Gasteiger partial charge in [0.15, 0.2) is 5.89 Å². The van der Waals surface area contributed by atoms with Crippen LogP contribution in [0.5, 0.6) is 0 Å². The molecular weight excluding hydrogens is 176 g/mol. The van der Waals surface area contributed by atoms with E-state index >= 15 is 0 Å². The molecule has 0 saturated carbocycles. The van der Waals surface area contributed by atoms with Gasteiger partial charge in [0.05, 0.1) is 11.7 Å². The van der Waals surface area contributed by atoms with Crippen LogP contribution in [-0.2, 0) is 0 Å². The topological polar surface area (TPSA) is 38.1 Å². The van der Waals surface area contributed by atoms with Gasteiger partial charge in [0.1, 0.15) is 5.76 Å². The second-order valence-corrected chi connectivity index (χ2v) is 4.30. The third kappa shape index (κ3) is 1.69. The molecule has 1 fully saturated rings. The Balaban J connectivity index is 2.24. The number of aryl methyl sites for hydroxylation is 1. The molecule has 2 heterocycles. The van der Waals surface area contributed by atoms with Crippen LogP contribution < -0.4 is 5.32 Å². The number of oxazole rings is 1. The minimum absolute atomic E-state index is 0.379. The van der Waals surface area contributed by atoms with Crippen molar-refractivity contribution in [1.29, 1.82) is 0 Å². The largest absolute Gasteiger partial charge is 0.445 e. The highest BCUT2D eigenvalue weighted by atomic mass is 16.4. The number of nitrogens with zero attached hydrogens (tertiary/aromatic N) is 1. The molecular formula is C11H18N2O. The quantitative estimate of drug-likeness (QED) is 0.786. The summed E-state index contributed by atoms with van der Waals surface area (Å²) in [5, 5.41) is 3.44. The van der Waals surface area contributed by atoms with E-state index in [9.17, 15) is 0 Å². The predicted molar refractivity (Wildman–Crippen MR) is 55.3 cm³/mol. The first-order chi connectivity index (χ1) is 6.68. The molecule has 1 aromatic heterocycles. The average molecular weight is 194 g/mol. The smallest absolute Gasteiger partial charge is 0.197 e. The standard InChI is InChI=1S/C11H18N2O/c1-7(2)11-13-10(8(3)14-11)9-5-4-6-12-9/h7,9,12H,4-6H2,1-3H3. The summed E-state index contributed by atoms with van der Waals surface area (Å²) < 4.78 is 5.64.